The summed E-state index contributed by atoms with van der Waals surface area (Å²) in [6.45, 7) is 19.4. The highest BCUT2D eigenvalue weighted by Gasteiger charge is 2.48. The molecule has 0 aromatic carbocycles. The SMILES string of the molecule is CC(C)C(C)C(C)C(C)C(C)C1C(C)C1C. The lowest BCUT2D eigenvalue weighted by Gasteiger charge is -2.33. The van der Waals surface area contributed by atoms with Gasteiger partial charge in [0.15, 0.2) is 0 Å². The minimum absolute atomic E-state index is 0.818. The van der Waals surface area contributed by atoms with Gasteiger partial charge in [-0.1, -0.05) is 55.4 Å². The highest BCUT2D eigenvalue weighted by atomic mass is 14.5. The maximum Gasteiger partial charge on any atom is -0.0329 e. The van der Waals surface area contributed by atoms with Crippen molar-refractivity contribution in [2.24, 2.45) is 47.3 Å². The highest BCUT2D eigenvalue weighted by Crippen LogP contribution is 2.53. The van der Waals surface area contributed by atoms with Crippen molar-refractivity contribution in [1.82, 2.24) is 0 Å². The average Bonchev–Trinajstić information content (AvgIpc) is 2.82. The fourth-order valence-corrected chi connectivity index (χ4v) is 3.57. The molecular weight excluding hydrogens is 192 g/mol. The Morgan fingerprint density at radius 3 is 1.38 bits per heavy atom. The normalized spacial score (nSPS) is 36.9. The summed E-state index contributed by atoms with van der Waals surface area (Å²) in [5.41, 5.74) is 0. The van der Waals surface area contributed by atoms with Gasteiger partial charge in [-0.2, -0.15) is 0 Å². The van der Waals surface area contributed by atoms with E-state index >= 15 is 0 Å². The lowest BCUT2D eigenvalue weighted by Crippen LogP contribution is -2.26. The molecule has 1 aliphatic carbocycles. The van der Waals surface area contributed by atoms with E-state index in [1.54, 1.807) is 0 Å². The predicted molar refractivity (Wildman–Crippen MR) is 73.3 cm³/mol. The average molecular weight is 224 g/mol. The first-order valence-corrected chi connectivity index (χ1v) is 7.29. The highest BCUT2D eigenvalue weighted by molar-refractivity contribution is 4.96. The van der Waals surface area contributed by atoms with Crippen LogP contribution >= 0.6 is 0 Å². The van der Waals surface area contributed by atoms with Gasteiger partial charge in [-0.15, -0.1) is 0 Å². The Balaban J connectivity index is 2.53. The van der Waals surface area contributed by atoms with Crippen molar-refractivity contribution in [2.45, 2.75) is 55.4 Å². The summed E-state index contributed by atoms with van der Waals surface area (Å²) in [6, 6.07) is 0. The summed E-state index contributed by atoms with van der Waals surface area (Å²) in [5, 5.41) is 0. The van der Waals surface area contributed by atoms with Crippen LogP contribution in [0.4, 0.5) is 0 Å². The molecule has 0 aromatic heterocycles. The van der Waals surface area contributed by atoms with Gasteiger partial charge in [0.1, 0.15) is 0 Å². The Hall–Kier alpha value is 0. The minimum Gasteiger partial charge on any atom is -0.0625 e. The standard InChI is InChI=1S/C16H32/c1-9(2)10(3)11(4)12(5)13(6)16-14(7)15(16)8/h9-16H,1-8H3. The van der Waals surface area contributed by atoms with Crippen LogP contribution in [0.1, 0.15) is 55.4 Å². The van der Waals surface area contributed by atoms with Crippen molar-refractivity contribution in [3.05, 3.63) is 0 Å². The van der Waals surface area contributed by atoms with Crippen LogP contribution < -0.4 is 0 Å². The molecule has 0 bridgehead atoms. The van der Waals surface area contributed by atoms with E-state index in [1.165, 1.54) is 0 Å². The monoisotopic (exact) mass is 224 g/mol. The molecule has 0 radical (unpaired) electrons. The largest absolute Gasteiger partial charge is 0.0625 e. The Kier molecular flexibility index (Phi) is 4.49. The van der Waals surface area contributed by atoms with Crippen LogP contribution in [0, 0.1) is 47.3 Å². The summed E-state index contributed by atoms with van der Waals surface area (Å²) in [5.74, 6) is 7.24. The Morgan fingerprint density at radius 2 is 1.06 bits per heavy atom. The summed E-state index contributed by atoms with van der Waals surface area (Å²) < 4.78 is 0. The van der Waals surface area contributed by atoms with E-state index in [0.717, 1.165) is 47.3 Å². The first-order valence-electron chi connectivity index (χ1n) is 7.29. The fourth-order valence-electron chi connectivity index (χ4n) is 3.57. The van der Waals surface area contributed by atoms with Crippen molar-refractivity contribution in [1.29, 1.82) is 0 Å². The molecule has 1 aliphatic rings. The Morgan fingerprint density at radius 1 is 0.625 bits per heavy atom. The van der Waals surface area contributed by atoms with Crippen LogP contribution in [0.5, 0.6) is 0 Å². The van der Waals surface area contributed by atoms with E-state index in [9.17, 15) is 0 Å². The summed E-state index contributed by atoms with van der Waals surface area (Å²) in [4.78, 5) is 0. The molecular formula is C16H32. The summed E-state index contributed by atoms with van der Waals surface area (Å²) in [7, 11) is 0. The second-order valence-corrected chi connectivity index (χ2v) is 6.98. The van der Waals surface area contributed by atoms with Gasteiger partial charge >= 0.3 is 0 Å². The minimum atomic E-state index is 0.818. The predicted octanol–water partition coefficient (Wildman–Crippen LogP) is 5.09. The molecule has 0 nitrogen and oxygen atoms in total. The van der Waals surface area contributed by atoms with Gasteiger partial charge in [-0.25, -0.2) is 0 Å². The van der Waals surface area contributed by atoms with Gasteiger partial charge in [-0.05, 0) is 47.3 Å². The first kappa shape index (κ1) is 14.1. The lowest BCUT2D eigenvalue weighted by molar-refractivity contribution is 0.159. The second-order valence-electron chi connectivity index (χ2n) is 6.98. The van der Waals surface area contributed by atoms with Crippen LogP contribution in [-0.4, -0.2) is 0 Å². The van der Waals surface area contributed by atoms with E-state index in [0.29, 0.717) is 0 Å². The summed E-state index contributed by atoms with van der Waals surface area (Å²) >= 11 is 0. The quantitative estimate of drug-likeness (QED) is 0.610. The molecule has 0 amide bonds. The van der Waals surface area contributed by atoms with Crippen molar-refractivity contribution in [2.75, 3.05) is 0 Å². The number of hydrogen-bond donors (Lipinski definition) is 0. The molecule has 6 unspecified atom stereocenters. The molecule has 0 heterocycles. The van der Waals surface area contributed by atoms with Crippen molar-refractivity contribution in [3.8, 4) is 0 Å². The van der Waals surface area contributed by atoms with Gasteiger partial charge in [0.25, 0.3) is 0 Å². The number of hydrogen-bond acceptors (Lipinski definition) is 0. The maximum atomic E-state index is 2.49. The van der Waals surface area contributed by atoms with Gasteiger partial charge in [0.05, 0.1) is 0 Å². The Bertz CT molecular complexity index is 195. The molecule has 0 aromatic rings. The van der Waals surface area contributed by atoms with Crippen LogP contribution in [0.3, 0.4) is 0 Å². The maximum absolute atomic E-state index is 2.49. The molecule has 0 aliphatic heterocycles. The van der Waals surface area contributed by atoms with Crippen LogP contribution in [0.25, 0.3) is 0 Å². The van der Waals surface area contributed by atoms with Crippen LogP contribution in [0.15, 0.2) is 0 Å². The van der Waals surface area contributed by atoms with E-state index < -0.39 is 0 Å². The topological polar surface area (TPSA) is 0 Å². The number of rotatable bonds is 5. The van der Waals surface area contributed by atoms with Crippen molar-refractivity contribution < 1.29 is 0 Å². The molecule has 0 saturated heterocycles. The third-order valence-corrected chi connectivity index (χ3v) is 6.05. The molecule has 0 heteroatoms. The van der Waals surface area contributed by atoms with Crippen LogP contribution in [-0.2, 0) is 0 Å². The molecule has 0 spiro atoms. The van der Waals surface area contributed by atoms with Crippen molar-refractivity contribution in [3.63, 3.8) is 0 Å². The summed E-state index contributed by atoms with van der Waals surface area (Å²) in [6.07, 6.45) is 0. The fraction of sp³-hybridized carbons (Fsp3) is 1.00. The lowest BCUT2D eigenvalue weighted by atomic mass is 9.73. The zero-order valence-corrected chi connectivity index (χ0v) is 12.6. The smallest absolute Gasteiger partial charge is 0.0329 e. The van der Waals surface area contributed by atoms with Gasteiger partial charge in [-0.3, -0.25) is 0 Å². The molecule has 96 valence electrons. The van der Waals surface area contributed by atoms with Crippen LogP contribution in [0.2, 0.25) is 0 Å². The molecule has 1 fully saturated rings. The van der Waals surface area contributed by atoms with E-state index in [4.69, 9.17) is 0 Å². The third kappa shape index (κ3) is 2.63. The third-order valence-electron chi connectivity index (χ3n) is 6.05. The molecule has 1 rings (SSSR count). The molecule has 6 atom stereocenters. The molecule has 16 heavy (non-hydrogen) atoms. The first-order chi connectivity index (χ1) is 7.29. The van der Waals surface area contributed by atoms with Gasteiger partial charge < -0.3 is 0 Å². The zero-order chi connectivity index (χ0) is 12.6. The van der Waals surface area contributed by atoms with Gasteiger partial charge in [0.2, 0.25) is 0 Å². The van der Waals surface area contributed by atoms with E-state index in [-0.39, 0.29) is 0 Å². The molecule has 0 N–H and O–H groups in total. The zero-order valence-electron chi connectivity index (χ0n) is 12.6. The van der Waals surface area contributed by atoms with Crippen molar-refractivity contribution >= 4 is 0 Å². The van der Waals surface area contributed by atoms with Gasteiger partial charge in [0, 0.05) is 0 Å². The van der Waals surface area contributed by atoms with E-state index in [1.807, 2.05) is 0 Å². The Labute approximate surface area is 103 Å². The molecule has 1 saturated carbocycles. The second kappa shape index (κ2) is 5.10. The van der Waals surface area contributed by atoms with E-state index in [2.05, 4.69) is 55.4 Å².